The highest BCUT2D eigenvalue weighted by atomic mass is 32.3. The first kappa shape index (κ1) is 11.9. The van der Waals surface area contributed by atoms with Crippen LogP contribution in [-0.2, 0) is 6.54 Å². The average Bonchev–Trinajstić information content (AvgIpc) is 2.60. The van der Waals surface area contributed by atoms with Gasteiger partial charge in [0.25, 0.3) is 0 Å². The molecule has 0 spiro atoms. The summed E-state index contributed by atoms with van der Waals surface area (Å²) >= 11 is 0. The predicted molar refractivity (Wildman–Crippen MR) is 67.2 cm³/mol. The number of nitrogens with zero attached hydrogens (tertiary/aromatic N) is 1. The van der Waals surface area contributed by atoms with E-state index in [1.54, 1.807) is 5.01 Å². The highest BCUT2D eigenvalue weighted by Gasteiger charge is 2.31. The summed E-state index contributed by atoms with van der Waals surface area (Å²) in [6.45, 7) is 0.654. The molecule has 1 atom stereocenters. The van der Waals surface area contributed by atoms with Gasteiger partial charge in [-0.1, -0.05) is 30.3 Å². The Morgan fingerprint density at radius 1 is 1.31 bits per heavy atom. The van der Waals surface area contributed by atoms with Crippen LogP contribution in [0.4, 0.5) is 0 Å². The molecular weight excluding hydrogens is 224 g/mol. The van der Waals surface area contributed by atoms with Gasteiger partial charge in [-0.25, -0.2) is 5.01 Å². The minimum atomic E-state index is -2.35. The van der Waals surface area contributed by atoms with Gasteiger partial charge >= 0.3 is 0 Å². The van der Waals surface area contributed by atoms with E-state index in [2.05, 4.69) is 0 Å². The second kappa shape index (κ2) is 4.73. The molecule has 1 unspecified atom stereocenters. The Hall–Kier alpha value is -0.590. The zero-order valence-electron chi connectivity index (χ0n) is 9.12. The molecule has 4 N–H and O–H groups in total. The van der Waals surface area contributed by atoms with Gasteiger partial charge in [0.05, 0.1) is 5.75 Å². The van der Waals surface area contributed by atoms with Crippen LogP contribution in [0.25, 0.3) is 0 Å². The van der Waals surface area contributed by atoms with Gasteiger partial charge in [0.1, 0.15) is 0 Å². The molecular formula is C11H18N2O2S. The van der Waals surface area contributed by atoms with Crippen LogP contribution in [0.3, 0.4) is 0 Å². The van der Waals surface area contributed by atoms with Crippen LogP contribution >= 0.6 is 10.6 Å². The molecule has 5 heteroatoms. The Morgan fingerprint density at radius 3 is 2.56 bits per heavy atom. The molecule has 4 nitrogen and oxygen atoms in total. The maximum atomic E-state index is 9.54. The third-order valence-corrected chi connectivity index (χ3v) is 4.72. The smallest absolute Gasteiger partial charge is 0.0544 e. The van der Waals surface area contributed by atoms with E-state index < -0.39 is 10.6 Å². The largest absolute Gasteiger partial charge is 0.299 e. The third-order valence-electron chi connectivity index (χ3n) is 2.91. The van der Waals surface area contributed by atoms with Crippen molar-refractivity contribution in [3.8, 4) is 0 Å². The quantitative estimate of drug-likeness (QED) is 0.559. The van der Waals surface area contributed by atoms with E-state index in [0.29, 0.717) is 18.1 Å². The van der Waals surface area contributed by atoms with Crippen LogP contribution in [0.2, 0.25) is 0 Å². The number of nitrogens with two attached hydrogens (primary N) is 1. The molecule has 1 aromatic carbocycles. The summed E-state index contributed by atoms with van der Waals surface area (Å²) in [6, 6.07) is 10.1. The van der Waals surface area contributed by atoms with Crippen molar-refractivity contribution in [1.82, 2.24) is 5.01 Å². The minimum absolute atomic E-state index is 0.0882. The van der Waals surface area contributed by atoms with E-state index >= 15 is 0 Å². The SMILES string of the molecule is NN(Cc1ccccc1)C1CCS(O)(O)C1. The fourth-order valence-corrected chi connectivity index (χ4v) is 3.78. The number of hydrogen-bond donors (Lipinski definition) is 3. The Labute approximate surface area is 97.4 Å². The van der Waals surface area contributed by atoms with Crippen molar-refractivity contribution in [1.29, 1.82) is 0 Å². The van der Waals surface area contributed by atoms with Crippen LogP contribution in [0, 0.1) is 0 Å². The molecule has 0 aliphatic carbocycles. The maximum absolute atomic E-state index is 9.54. The van der Waals surface area contributed by atoms with Crippen molar-refractivity contribution >= 4 is 10.6 Å². The number of benzene rings is 1. The summed E-state index contributed by atoms with van der Waals surface area (Å²) in [7, 11) is -2.35. The first-order chi connectivity index (χ1) is 7.57. The van der Waals surface area contributed by atoms with E-state index in [-0.39, 0.29) is 6.04 Å². The highest BCUT2D eigenvalue weighted by Crippen LogP contribution is 2.46. The molecule has 1 aliphatic heterocycles. The van der Waals surface area contributed by atoms with E-state index in [1.165, 1.54) is 0 Å². The number of rotatable bonds is 3. The van der Waals surface area contributed by atoms with Gasteiger partial charge in [-0.2, -0.15) is 10.6 Å². The lowest BCUT2D eigenvalue weighted by molar-refractivity contribution is 0.208. The van der Waals surface area contributed by atoms with E-state index in [4.69, 9.17) is 5.84 Å². The molecule has 1 aliphatic rings. The van der Waals surface area contributed by atoms with Crippen LogP contribution < -0.4 is 5.84 Å². The predicted octanol–water partition coefficient (Wildman–Crippen LogP) is 1.89. The summed E-state index contributed by atoms with van der Waals surface area (Å²) in [5, 5.41) is 1.72. The summed E-state index contributed by atoms with van der Waals surface area (Å²) in [5.74, 6) is 6.86. The first-order valence-electron chi connectivity index (χ1n) is 5.36. The zero-order chi connectivity index (χ0) is 11.6. The van der Waals surface area contributed by atoms with Gasteiger partial charge in [0.15, 0.2) is 0 Å². The summed E-state index contributed by atoms with van der Waals surface area (Å²) in [6.07, 6.45) is 0.770. The fraction of sp³-hybridized carbons (Fsp3) is 0.455. The minimum Gasteiger partial charge on any atom is -0.299 e. The maximum Gasteiger partial charge on any atom is 0.0544 e. The van der Waals surface area contributed by atoms with Crippen LogP contribution in [0.15, 0.2) is 30.3 Å². The highest BCUT2D eigenvalue weighted by molar-refractivity contribution is 8.24. The molecule has 0 amide bonds. The molecule has 1 aromatic rings. The molecule has 2 rings (SSSR count). The molecule has 1 saturated heterocycles. The second-order valence-corrected chi connectivity index (χ2v) is 6.62. The van der Waals surface area contributed by atoms with Gasteiger partial charge in [0, 0.05) is 18.3 Å². The Kier molecular flexibility index (Phi) is 3.51. The molecule has 16 heavy (non-hydrogen) atoms. The summed E-state index contributed by atoms with van der Waals surface area (Å²) in [4.78, 5) is 0. The van der Waals surface area contributed by atoms with Gasteiger partial charge < -0.3 is 0 Å². The van der Waals surface area contributed by atoms with Crippen molar-refractivity contribution in [2.24, 2.45) is 5.84 Å². The van der Waals surface area contributed by atoms with Crippen LogP contribution in [0.1, 0.15) is 12.0 Å². The zero-order valence-corrected chi connectivity index (χ0v) is 9.94. The lowest BCUT2D eigenvalue weighted by Crippen LogP contribution is -2.40. The van der Waals surface area contributed by atoms with Gasteiger partial charge in [-0.05, 0) is 12.0 Å². The average molecular weight is 242 g/mol. The van der Waals surface area contributed by atoms with Gasteiger partial charge in [0.2, 0.25) is 0 Å². The second-order valence-electron chi connectivity index (χ2n) is 4.27. The first-order valence-corrected chi connectivity index (χ1v) is 7.24. The summed E-state index contributed by atoms with van der Waals surface area (Å²) < 4.78 is 19.1. The van der Waals surface area contributed by atoms with Crippen molar-refractivity contribution in [2.45, 2.75) is 19.0 Å². The topological polar surface area (TPSA) is 69.7 Å². The molecule has 0 radical (unpaired) electrons. The lowest BCUT2D eigenvalue weighted by atomic mass is 10.2. The molecule has 0 saturated carbocycles. The van der Waals surface area contributed by atoms with Crippen molar-refractivity contribution in [2.75, 3.05) is 11.5 Å². The standard InChI is InChI=1S/C11H18N2O2S/c12-13(8-10-4-2-1-3-5-10)11-6-7-16(14,15)9-11/h1-5,11,14-15H,6-9,12H2. The molecule has 0 aromatic heterocycles. The Balaban J connectivity index is 1.92. The van der Waals surface area contributed by atoms with Crippen molar-refractivity contribution < 1.29 is 9.11 Å². The van der Waals surface area contributed by atoms with E-state index in [9.17, 15) is 9.11 Å². The Bertz CT molecular complexity index is 345. The van der Waals surface area contributed by atoms with Crippen molar-refractivity contribution in [3.63, 3.8) is 0 Å². The van der Waals surface area contributed by atoms with E-state index in [0.717, 1.165) is 12.0 Å². The van der Waals surface area contributed by atoms with Gasteiger partial charge in [-0.15, -0.1) is 0 Å². The molecule has 0 bridgehead atoms. The van der Waals surface area contributed by atoms with Crippen molar-refractivity contribution in [3.05, 3.63) is 35.9 Å². The van der Waals surface area contributed by atoms with Crippen LogP contribution in [-0.4, -0.2) is 31.7 Å². The third kappa shape index (κ3) is 2.96. The number of hydrogen-bond acceptors (Lipinski definition) is 4. The monoisotopic (exact) mass is 242 g/mol. The number of hydrazine groups is 1. The van der Waals surface area contributed by atoms with Gasteiger partial charge in [-0.3, -0.25) is 14.9 Å². The molecule has 1 heterocycles. The normalized spacial score (nSPS) is 25.9. The fourth-order valence-electron chi connectivity index (χ4n) is 1.98. The van der Waals surface area contributed by atoms with Crippen LogP contribution in [0.5, 0.6) is 0 Å². The summed E-state index contributed by atoms with van der Waals surface area (Å²) in [5.41, 5.74) is 1.15. The lowest BCUT2D eigenvalue weighted by Gasteiger charge is -2.28. The van der Waals surface area contributed by atoms with E-state index in [1.807, 2.05) is 30.3 Å². The Morgan fingerprint density at radius 2 is 2.00 bits per heavy atom. The molecule has 90 valence electrons. The molecule has 1 fully saturated rings.